The third-order valence-corrected chi connectivity index (χ3v) is 8.96. The van der Waals surface area contributed by atoms with Crippen molar-refractivity contribution in [2.24, 2.45) is 0 Å². The molecule has 1 saturated heterocycles. The summed E-state index contributed by atoms with van der Waals surface area (Å²) in [6.45, 7) is -5.29. The fourth-order valence-corrected chi connectivity index (χ4v) is 4.89. The molecule has 0 aromatic rings. The van der Waals surface area contributed by atoms with Gasteiger partial charge in [0, 0.05) is 25.2 Å². The Morgan fingerprint density at radius 2 is 0.468 bits per heavy atom. The molecule has 1 aliphatic rings. The topological polar surface area (TPSA) is 40.6 Å². The van der Waals surface area contributed by atoms with Gasteiger partial charge in [-0.05, 0) is 37.0 Å². The summed E-state index contributed by atoms with van der Waals surface area (Å²) >= 11 is 6.71. The minimum atomic E-state index is -9.13. The molecule has 1 heterocycles. The standard InChI is InChI=1S/C24H12Cl2F32N2O2/c1-5-3-60(8(62)10(29,30)12(33,34)14(37,38)16(41,42)18(45,46)20(49,50)22(53,54)24(26,57)58)6(2)4-59(5)7(61)9(27,28)11(31,32)13(35,36)15(39,40)17(43,44)19(47,48)21(51,52)23(25,55)56/h5-6H,3-4H2,1-2H3. The lowest BCUT2D eigenvalue weighted by molar-refractivity contribution is -0.446. The van der Waals surface area contributed by atoms with Crippen molar-refractivity contribution in [1.82, 2.24) is 9.80 Å². The summed E-state index contributed by atoms with van der Waals surface area (Å²) in [6, 6.07) is -6.24. The number of piperazine rings is 1. The number of amides is 2. The molecule has 38 heteroatoms. The molecule has 2 amide bonds. The number of hydrogen-bond acceptors (Lipinski definition) is 2. The molecular formula is C24H12Cl2F32N2O2. The van der Waals surface area contributed by atoms with Crippen LogP contribution in [0, 0.1) is 0 Å². The highest BCUT2D eigenvalue weighted by atomic mass is 35.5. The lowest BCUT2D eigenvalue weighted by Crippen LogP contribution is -2.76. The average Bonchev–Trinajstić information content (AvgIpc) is 3.06. The van der Waals surface area contributed by atoms with Gasteiger partial charge in [0.05, 0.1) is 0 Å². The summed E-state index contributed by atoms with van der Waals surface area (Å²) in [7, 11) is 0. The number of halogens is 34. The molecule has 0 spiro atoms. The number of nitrogens with zero attached hydrogens (tertiary/aromatic N) is 2. The van der Waals surface area contributed by atoms with Gasteiger partial charge in [-0.1, -0.05) is 0 Å². The molecule has 0 saturated carbocycles. The first-order chi connectivity index (χ1) is 26.4. The first-order valence-corrected chi connectivity index (χ1v) is 15.2. The van der Waals surface area contributed by atoms with Crippen LogP contribution in [0.1, 0.15) is 13.8 Å². The molecule has 0 aliphatic carbocycles. The molecule has 368 valence electrons. The summed E-state index contributed by atoms with van der Waals surface area (Å²) in [5, 5.41) is -14.3. The van der Waals surface area contributed by atoms with Gasteiger partial charge in [0.1, 0.15) is 0 Å². The molecule has 62 heavy (non-hydrogen) atoms. The van der Waals surface area contributed by atoms with Gasteiger partial charge < -0.3 is 9.80 Å². The Balaban J connectivity index is 3.70. The first-order valence-electron chi connectivity index (χ1n) is 14.4. The minimum absolute atomic E-state index is 0.164. The maximum Gasteiger partial charge on any atom is 0.393 e. The van der Waals surface area contributed by atoms with Crippen molar-refractivity contribution in [3.8, 4) is 0 Å². The minimum Gasteiger partial charge on any atom is -0.331 e. The number of carbonyl (C=O) groups is 2. The maximum atomic E-state index is 14.6. The molecule has 1 fully saturated rings. The van der Waals surface area contributed by atoms with E-state index in [1.165, 1.54) is 0 Å². The van der Waals surface area contributed by atoms with E-state index in [1.807, 2.05) is 0 Å². The smallest absolute Gasteiger partial charge is 0.331 e. The fraction of sp³-hybridized carbons (Fsp3) is 0.917. The monoisotopic (exact) mass is 1040 g/mol. The van der Waals surface area contributed by atoms with Crippen LogP contribution in [-0.2, 0) is 9.59 Å². The van der Waals surface area contributed by atoms with Gasteiger partial charge in [0.2, 0.25) is 0 Å². The fourth-order valence-electron chi connectivity index (χ4n) is 4.65. The zero-order chi connectivity index (χ0) is 50.9. The maximum absolute atomic E-state index is 14.6. The van der Waals surface area contributed by atoms with Crippen LogP contribution in [0.15, 0.2) is 0 Å². The van der Waals surface area contributed by atoms with Crippen LogP contribution in [0.5, 0.6) is 0 Å². The van der Waals surface area contributed by atoms with Gasteiger partial charge in [-0.15, -0.1) is 0 Å². The molecule has 1 rings (SSSR count). The van der Waals surface area contributed by atoms with Crippen LogP contribution in [-0.4, -0.2) is 140 Å². The second-order valence-electron chi connectivity index (χ2n) is 12.7. The highest BCUT2D eigenvalue weighted by molar-refractivity contribution is 6.22. The van der Waals surface area contributed by atoms with E-state index in [9.17, 15) is 150 Å². The molecule has 2 atom stereocenters. The number of carbonyl (C=O) groups excluding carboxylic acids is 2. The Morgan fingerprint density at radius 3 is 0.629 bits per heavy atom. The molecule has 2 unspecified atom stereocenters. The van der Waals surface area contributed by atoms with E-state index in [-0.39, 0.29) is 13.8 Å². The Morgan fingerprint density at radius 1 is 0.323 bits per heavy atom. The Hall–Kier alpha value is -2.72. The van der Waals surface area contributed by atoms with Crippen LogP contribution in [0.2, 0.25) is 0 Å². The van der Waals surface area contributed by atoms with E-state index in [4.69, 9.17) is 0 Å². The Kier molecular flexibility index (Phi) is 13.8. The van der Waals surface area contributed by atoms with Gasteiger partial charge >= 0.3 is 93.7 Å². The average molecular weight is 1040 g/mol. The predicted octanol–water partition coefficient (Wildman–Crippen LogP) is 11.0. The van der Waals surface area contributed by atoms with E-state index in [1.54, 1.807) is 0 Å². The van der Waals surface area contributed by atoms with Crippen molar-refractivity contribution in [3.05, 3.63) is 0 Å². The van der Waals surface area contributed by atoms with Crippen LogP contribution in [0.3, 0.4) is 0 Å². The van der Waals surface area contributed by atoms with Crippen LogP contribution < -0.4 is 0 Å². The van der Waals surface area contributed by atoms with E-state index in [0.29, 0.717) is 0 Å². The first kappa shape index (κ1) is 57.3. The second kappa shape index (κ2) is 14.9. The third kappa shape index (κ3) is 7.15. The molecule has 1 aliphatic heterocycles. The SMILES string of the molecule is CC1CN(C(=O)C(F)(F)C(F)(F)C(F)(F)C(F)(F)C(F)(F)C(F)(F)C(F)(F)C(F)(F)Cl)C(C)CN1C(=O)C(F)(F)C(F)(F)C(F)(F)C(F)(F)C(F)(F)C(F)(F)C(F)(F)C(F)(F)Cl. The van der Waals surface area contributed by atoms with Gasteiger partial charge in [-0.25, -0.2) is 0 Å². The molecule has 0 aromatic carbocycles. The molecule has 4 nitrogen and oxygen atoms in total. The van der Waals surface area contributed by atoms with E-state index in [2.05, 4.69) is 23.2 Å². The van der Waals surface area contributed by atoms with Crippen molar-refractivity contribution in [3.63, 3.8) is 0 Å². The van der Waals surface area contributed by atoms with Gasteiger partial charge in [0.25, 0.3) is 11.8 Å². The van der Waals surface area contributed by atoms with Crippen LogP contribution in [0.4, 0.5) is 140 Å². The van der Waals surface area contributed by atoms with Crippen molar-refractivity contribution >= 4 is 35.0 Å². The summed E-state index contributed by atoms with van der Waals surface area (Å²) < 4.78 is 442. The van der Waals surface area contributed by atoms with Gasteiger partial charge in [0.15, 0.2) is 0 Å². The lowest BCUT2D eigenvalue weighted by Gasteiger charge is -2.48. The van der Waals surface area contributed by atoms with Gasteiger partial charge in [-0.3, -0.25) is 9.59 Å². The molecule has 0 N–H and O–H groups in total. The summed E-state index contributed by atoms with van der Waals surface area (Å²) in [5.74, 6) is -130. The van der Waals surface area contributed by atoms with Crippen LogP contribution in [0.25, 0.3) is 0 Å². The quantitative estimate of drug-likeness (QED) is 0.114. The van der Waals surface area contributed by atoms with Crippen molar-refractivity contribution in [2.75, 3.05) is 13.1 Å². The number of hydrogen-bond donors (Lipinski definition) is 0. The molecule has 0 aromatic heterocycles. The van der Waals surface area contributed by atoms with Crippen LogP contribution >= 0.6 is 23.2 Å². The van der Waals surface area contributed by atoms with Gasteiger partial charge in [-0.2, -0.15) is 140 Å². The predicted molar refractivity (Wildman–Crippen MR) is 133 cm³/mol. The third-order valence-electron chi connectivity index (χ3n) is 8.49. The Bertz CT molecular complexity index is 1580. The normalized spacial score (nSPS) is 20.2. The largest absolute Gasteiger partial charge is 0.393 e. The zero-order valence-corrected chi connectivity index (χ0v) is 29.6. The highest BCUT2D eigenvalue weighted by Crippen LogP contribution is 2.66. The summed E-state index contributed by atoms with van der Waals surface area (Å²) in [5.41, 5.74) is 0. The second-order valence-corrected chi connectivity index (χ2v) is 13.6. The molecule has 0 radical (unpaired) electrons. The summed E-state index contributed by atoms with van der Waals surface area (Å²) in [6.07, 6.45) is 0. The number of alkyl halides is 34. The van der Waals surface area contributed by atoms with Crippen molar-refractivity contribution in [1.29, 1.82) is 0 Å². The van der Waals surface area contributed by atoms with Crippen molar-refractivity contribution in [2.45, 2.75) is 120 Å². The van der Waals surface area contributed by atoms with E-state index < -0.39 is 140 Å². The van der Waals surface area contributed by atoms with E-state index >= 15 is 0 Å². The van der Waals surface area contributed by atoms with Crippen molar-refractivity contribution < 1.29 is 150 Å². The number of rotatable bonds is 16. The zero-order valence-electron chi connectivity index (χ0n) is 28.1. The highest BCUT2D eigenvalue weighted by Gasteiger charge is 2.97. The molecule has 0 bridgehead atoms. The lowest BCUT2D eigenvalue weighted by atomic mass is 9.88. The Labute approximate surface area is 328 Å². The van der Waals surface area contributed by atoms with E-state index in [0.717, 1.165) is 0 Å². The molecular weight excluding hydrogens is 1030 g/mol. The summed E-state index contributed by atoms with van der Waals surface area (Å²) in [4.78, 5) is 22.0.